The van der Waals surface area contributed by atoms with E-state index in [2.05, 4.69) is 20.9 Å². The van der Waals surface area contributed by atoms with Gasteiger partial charge in [0, 0.05) is 32.6 Å². The molecule has 4 rings (SSSR count). The molecular weight excluding hydrogens is 469 g/mol. The second-order valence-electron chi connectivity index (χ2n) is 9.42. The summed E-state index contributed by atoms with van der Waals surface area (Å²) in [6, 6.07) is 5.85. The predicted molar refractivity (Wildman–Crippen MR) is 133 cm³/mol. The molecule has 35 heavy (non-hydrogen) atoms. The molecule has 2 aliphatic rings. The third-order valence-electron chi connectivity index (χ3n) is 6.72. The lowest BCUT2D eigenvalue weighted by molar-refractivity contribution is -0.138. The van der Waals surface area contributed by atoms with Crippen molar-refractivity contribution in [1.29, 1.82) is 0 Å². The Hall–Kier alpha value is -2.85. The molecule has 0 unspecified atom stereocenters. The van der Waals surface area contributed by atoms with Crippen molar-refractivity contribution in [3.05, 3.63) is 46.2 Å². The van der Waals surface area contributed by atoms with Crippen LogP contribution in [0.3, 0.4) is 0 Å². The summed E-state index contributed by atoms with van der Waals surface area (Å²) in [4.78, 5) is 44.5. The van der Waals surface area contributed by atoms with Gasteiger partial charge in [0.2, 0.25) is 5.91 Å². The summed E-state index contributed by atoms with van der Waals surface area (Å²) in [5.74, 6) is -0.309. The van der Waals surface area contributed by atoms with Crippen molar-refractivity contribution in [3.8, 4) is 0 Å². The molecule has 10 heteroatoms. The first-order valence-electron chi connectivity index (χ1n) is 12.1. The molecule has 2 aliphatic heterocycles. The van der Waals surface area contributed by atoms with Crippen molar-refractivity contribution in [3.63, 3.8) is 0 Å². The molecule has 0 saturated carbocycles. The highest BCUT2D eigenvalue weighted by atomic mass is 32.1. The van der Waals surface area contributed by atoms with Crippen LogP contribution >= 0.6 is 11.3 Å². The topological polar surface area (TPSA) is 103 Å². The molecule has 2 aromatic rings. The average Bonchev–Trinajstić information content (AvgIpc) is 3.20. The number of hydrogen-bond donors (Lipinski definition) is 3. The van der Waals surface area contributed by atoms with Crippen LogP contribution in [0.1, 0.15) is 47.1 Å². The van der Waals surface area contributed by atoms with Gasteiger partial charge in [-0.3, -0.25) is 14.9 Å². The van der Waals surface area contributed by atoms with Crippen LogP contribution in [-0.4, -0.2) is 59.8 Å². The molecule has 3 N–H and O–H groups in total. The van der Waals surface area contributed by atoms with Crippen LogP contribution < -0.4 is 16.0 Å². The maximum absolute atomic E-state index is 13.5. The molecule has 3 amide bonds. The van der Waals surface area contributed by atoms with E-state index in [0.717, 1.165) is 36.2 Å². The number of carbonyl (C=O) groups excluding carboxylic acids is 3. The summed E-state index contributed by atoms with van der Waals surface area (Å²) in [6.45, 7) is 5.80. The van der Waals surface area contributed by atoms with Crippen LogP contribution in [0.15, 0.2) is 24.3 Å². The van der Waals surface area contributed by atoms with Crippen molar-refractivity contribution in [2.24, 2.45) is 11.8 Å². The Morgan fingerprint density at radius 2 is 2.00 bits per heavy atom. The molecule has 0 radical (unpaired) electrons. The fraction of sp³-hybridized carbons (Fsp3) is 0.520. The van der Waals surface area contributed by atoms with Gasteiger partial charge < -0.3 is 15.5 Å². The number of rotatable bonds is 6. The van der Waals surface area contributed by atoms with Gasteiger partial charge in [0.05, 0.1) is 16.5 Å². The maximum atomic E-state index is 13.5. The van der Waals surface area contributed by atoms with Crippen molar-refractivity contribution >= 4 is 34.2 Å². The minimum absolute atomic E-state index is 0.0512. The Bertz CT molecular complexity index is 1070. The second kappa shape index (κ2) is 11.3. The number of nitrogens with zero attached hydrogens (tertiary/aromatic N) is 2. The highest BCUT2D eigenvalue weighted by Crippen LogP contribution is 2.25. The van der Waals surface area contributed by atoms with Crippen LogP contribution in [0, 0.1) is 24.6 Å². The first-order valence-corrected chi connectivity index (χ1v) is 12.9. The number of likely N-dealkylation sites (tertiary alicyclic amines) is 1. The molecule has 1 aromatic heterocycles. The number of ketones is 1. The number of thiazole rings is 1. The summed E-state index contributed by atoms with van der Waals surface area (Å²) >= 11 is 1.15. The molecule has 2 saturated heterocycles. The lowest BCUT2D eigenvalue weighted by Crippen LogP contribution is -2.57. The SMILES string of the molecule is CC(=O)c1sc(NC(=O)N[C@@H]2CCNC[C@H]2C(=O)N2CCC[C@@H](Cc3ccc(F)cc3)C2)nc1C. The smallest absolute Gasteiger partial charge is 0.321 e. The number of anilines is 1. The minimum Gasteiger partial charge on any atom is -0.342 e. The van der Waals surface area contributed by atoms with Gasteiger partial charge in [-0.15, -0.1) is 0 Å². The standard InChI is InChI=1S/C25H32FN5O3S/c1-15-22(16(2)32)35-25(28-15)30-24(34)29-21-9-10-27-13-20(21)23(33)31-11-3-4-18(14-31)12-17-5-7-19(26)8-6-17/h5-8,18,20-21,27H,3-4,9-14H2,1-2H3,(H2,28,29,30,34)/t18-,20+,21+/m0/s1. The van der Waals surface area contributed by atoms with Gasteiger partial charge in [-0.1, -0.05) is 23.5 Å². The van der Waals surface area contributed by atoms with E-state index < -0.39 is 6.03 Å². The Kier molecular flexibility index (Phi) is 8.12. The van der Waals surface area contributed by atoms with Gasteiger partial charge in [0.1, 0.15) is 5.82 Å². The number of amides is 3. The van der Waals surface area contributed by atoms with Crippen molar-refractivity contribution < 1.29 is 18.8 Å². The molecule has 1 aromatic carbocycles. The van der Waals surface area contributed by atoms with Gasteiger partial charge in [0.25, 0.3) is 0 Å². The lowest BCUT2D eigenvalue weighted by atomic mass is 9.88. The highest BCUT2D eigenvalue weighted by molar-refractivity contribution is 7.17. The lowest BCUT2D eigenvalue weighted by Gasteiger charge is -2.39. The largest absolute Gasteiger partial charge is 0.342 e. The Balaban J connectivity index is 1.36. The molecule has 0 spiro atoms. The van der Waals surface area contributed by atoms with Gasteiger partial charge in [-0.25, -0.2) is 14.2 Å². The summed E-state index contributed by atoms with van der Waals surface area (Å²) in [7, 11) is 0. The van der Waals surface area contributed by atoms with Crippen LogP contribution in [0.25, 0.3) is 0 Å². The second-order valence-corrected chi connectivity index (χ2v) is 10.4. The molecule has 0 aliphatic carbocycles. The number of nitrogens with one attached hydrogen (secondary N) is 3. The maximum Gasteiger partial charge on any atom is 0.321 e. The molecule has 0 bridgehead atoms. The van der Waals surface area contributed by atoms with Crippen LogP contribution in [0.4, 0.5) is 14.3 Å². The van der Waals surface area contributed by atoms with Gasteiger partial charge in [0.15, 0.2) is 10.9 Å². The van der Waals surface area contributed by atoms with Crippen LogP contribution in [-0.2, 0) is 11.2 Å². The molecule has 2 fully saturated rings. The number of aromatic nitrogens is 1. The van der Waals surface area contributed by atoms with E-state index in [1.54, 1.807) is 6.92 Å². The first-order chi connectivity index (χ1) is 16.8. The number of hydrogen-bond acceptors (Lipinski definition) is 6. The summed E-state index contributed by atoms with van der Waals surface area (Å²) < 4.78 is 13.2. The number of benzene rings is 1. The van der Waals surface area contributed by atoms with E-state index >= 15 is 0 Å². The minimum atomic E-state index is -0.425. The van der Waals surface area contributed by atoms with Gasteiger partial charge >= 0.3 is 6.03 Å². The number of halogens is 1. The normalized spacial score (nSPS) is 22.5. The first kappa shape index (κ1) is 25.2. The van der Waals surface area contributed by atoms with E-state index in [-0.39, 0.29) is 29.5 Å². The zero-order valence-corrected chi connectivity index (χ0v) is 20.9. The monoisotopic (exact) mass is 501 g/mol. The highest BCUT2D eigenvalue weighted by Gasteiger charge is 2.36. The average molecular weight is 502 g/mol. The third-order valence-corrected chi connectivity index (χ3v) is 7.89. The zero-order valence-electron chi connectivity index (χ0n) is 20.1. The van der Waals surface area contributed by atoms with E-state index in [1.165, 1.54) is 19.1 Å². The number of aryl methyl sites for hydroxylation is 1. The molecule has 3 atom stereocenters. The zero-order chi connectivity index (χ0) is 24.9. The Morgan fingerprint density at radius 3 is 2.71 bits per heavy atom. The number of carbonyl (C=O) groups is 3. The fourth-order valence-corrected chi connectivity index (χ4v) is 5.85. The fourth-order valence-electron chi connectivity index (χ4n) is 4.99. The van der Waals surface area contributed by atoms with E-state index in [0.29, 0.717) is 54.2 Å². The van der Waals surface area contributed by atoms with Crippen molar-refractivity contribution in [2.75, 3.05) is 31.5 Å². The Labute approximate surface area is 208 Å². The quantitative estimate of drug-likeness (QED) is 0.527. The summed E-state index contributed by atoms with van der Waals surface area (Å²) in [5, 5.41) is 9.32. The summed E-state index contributed by atoms with van der Waals surface area (Å²) in [5.41, 5.74) is 1.67. The van der Waals surface area contributed by atoms with Gasteiger partial charge in [-0.05, 0) is 62.8 Å². The van der Waals surface area contributed by atoms with Crippen molar-refractivity contribution in [2.45, 2.75) is 45.6 Å². The van der Waals surface area contributed by atoms with E-state index in [1.807, 2.05) is 17.0 Å². The Morgan fingerprint density at radius 1 is 1.23 bits per heavy atom. The molecule has 8 nitrogen and oxygen atoms in total. The predicted octanol–water partition coefficient (Wildman–Crippen LogP) is 3.37. The third kappa shape index (κ3) is 6.43. The molecule has 3 heterocycles. The van der Waals surface area contributed by atoms with Crippen molar-refractivity contribution in [1.82, 2.24) is 20.5 Å². The molecular formula is C25H32FN5O3S. The number of urea groups is 1. The van der Waals surface area contributed by atoms with Crippen LogP contribution in [0.5, 0.6) is 0 Å². The number of Topliss-reactive ketones (excluding diaryl/α,β-unsaturated/α-hetero) is 1. The van der Waals surface area contributed by atoms with E-state index in [9.17, 15) is 18.8 Å². The van der Waals surface area contributed by atoms with Gasteiger partial charge in [-0.2, -0.15) is 0 Å². The van der Waals surface area contributed by atoms with Crippen LogP contribution in [0.2, 0.25) is 0 Å². The summed E-state index contributed by atoms with van der Waals surface area (Å²) in [6.07, 6.45) is 3.42. The van der Waals surface area contributed by atoms with E-state index in [4.69, 9.17) is 0 Å². The molecule has 188 valence electrons. The number of piperidine rings is 2.